The molecule has 1 aromatic carbocycles. The molecule has 1 aromatic heterocycles. The van der Waals surface area contributed by atoms with E-state index in [-0.39, 0.29) is 12.3 Å². The summed E-state index contributed by atoms with van der Waals surface area (Å²) in [5.74, 6) is -0.656. The predicted octanol–water partition coefficient (Wildman–Crippen LogP) is 2.16. The number of benzene rings is 1. The van der Waals surface area contributed by atoms with Crippen LogP contribution in [0.3, 0.4) is 0 Å². The summed E-state index contributed by atoms with van der Waals surface area (Å²) < 4.78 is 6.51. The standard InChI is InChI=1S/C16H20N2O4/c1-18-12-6-5-11(9-13(12)22-15(18)20)17-14(19)10-16(21)7-3-2-4-8-16/h5-6,9,21H,2-4,7-8,10H2,1H3,(H,17,19). The summed E-state index contributed by atoms with van der Waals surface area (Å²) in [5, 5.41) is 13.2. The first-order valence-electron chi connectivity index (χ1n) is 7.59. The van der Waals surface area contributed by atoms with E-state index in [1.807, 2.05) is 0 Å². The zero-order valence-electron chi connectivity index (χ0n) is 12.6. The highest BCUT2D eigenvalue weighted by Gasteiger charge is 2.31. The second kappa shape index (κ2) is 5.61. The monoisotopic (exact) mass is 304 g/mol. The van der Waals surface area contributed by atoms with Gasteiger partial charge in [0.05, 0.1) is 17.5 Å². The van der Waals surface area contributed by atoms with Crippen LogP contribution in [0.4, 0.5) is 5.69 Å². The number of rotatable bonds is 3. The second-order valence-corrected chi connectivity index (χ2v) is 6.12. The molecule has 1 saturated carbocycles. The summed E-state index contributed by atoms with van der Waals surface area (Å²) in [6.45, 7) is 0. The van der Waals surface area contributed by atoms with E-state index >= 15 is 0 Å². The maximum absolute atomic E-state index is 12.1. The Labute approximate surface area is 127 Å². The van der Waals surface area contributed by atoms with Crippen molar-refractivity contribution >= 4 is 22.7 Å². The van der Waals surface area contributed by atoms with Crippen LogP contribution in [-0.2, 0) is 11.8 Å². The van der Waals surface area contributed by atoms with Crippen molar-refractivity contribution in [2.75, 3.05) is 5.32 Å². The molecule has 6 heteroatoms. The van der Waals surface area contributed by atoms with Crippen molar-refractivity contribution in [1.29, 1.82) is 0 Å². The third-order valence-corrected chi connectivity index (χ3v) is 4.35. The first kappa shape index (κ1) is 14.8. The van der Waals surface area contributed by atoms with E-state index in [0.29, 0.717) is 29.6 Å². The first-order chi connectivity index (χ1) is 10.5. The van der Waals surface area contributed by atoms with Crippen molar-refractivity contribution in [3.63, 3.8) is 0 Å². The summed E-state index contributed by atoms with van der Waals surface area (Å²) in [6, 6.07) is 5.07. The second-order valence-electron chi connectivity index (χ2n) is 6.12. The molecule has 0 unspecified atom stereocenters. The lowest BCUT2D eigenvalue weighted by molar-refractivity contribution is -0.122. The van der Waals surface area contributed by atoms with Gasteiger partial charge in [-0.05, 0) is 25.0 Å². The fourth-order valence-electron chi connectivity index (χ4n) is 3.10. The Balaban J connectivity index is 1.72. The average molecular weight is 304 g/mol. The number of nitrogens with zero attached hydrogens (tertiary/aromatic N) is 1. The van der Waals surface area contributed by atoms with Gasteiger partial charge in [-0.3, -0.25) is 9.36 Å². The zero-order chi connectivity index (χ0) is 15.7. The van der Waals surface area contributed by atoms with Crippen LogP contribution in [0.5, 0.6) is 0 Å². The number of hydrogen-bond acceptors (Lipinski definition) is 4. The number of aliphatic hydroxyl groups is 1. The number of aryl methyl sites for hydroxylation is 1. The van der Waals surface area contributed by atoms with Crippen molar-refractivity contribution in [1.82, 2.24) is 4.57 Å². The largest absolute Gasteiger partial charge is 0.419 e. The highest BCUT2D eigenvalue weighted by Crippen LogP contribution is 2.31. The van der Waals surface area contributed by atoms with Crippen LogP contribution >= 0.6 is 0 Å². The van der Waals surface area contributed by atoms with Gasteiger partial charge in [-0.2, -0.15) is 0 Å². The Morgan fingerprint density at radius 2 is 2.09 bits per heavy atom. The van der Waals surface area contributed by atoms with E-state index in [2.05, 4.69) is 5.32 Å². The molecule has 118 valence electrons. The van der Waals surface area contributed by atoms with Gasteiger partial charge < -0.3 is 14.8 Å². The Morgan fingerprint density at radius 1 is 1.36 bits per heavy atom. The molecule has 0 saturated heterocycles. The minimum Gasteiger partial charge on any atom is -0.408 e. The smallest absolute Gasteiger partial charge is 0.408 e. The van der Waals surface area contributed by atoms with Gasteiger partial charge in [0.25, 0.3) is 0 Å². The molecule has 0 spiro atoms. The lowest BCUT2D eigenvalue weighted by Crippen LogP contribution is -2.35. The minimum absolute atomic E-state index is 0.101. The Kier molecular flexibility index (Phi) is 3.78. The summed E-state index contributed by atoms with van der Waals surface area (Å²) in [4.78, 5) is 23.6. The maximum atomic E-state index is 12.1. The van der Waals surface area contributed by atoms with E-state index in [0.717, 1.165) is 19.3 Å². The maximum Gasteiger partial charge on any atom is 0.419 e. The molecule has 0 bridgehead atoms. The third-order valence-electron chi connectivity index (χ3n) is 4.35. The van der Waals surface area contributed by atoms with Gasteiger partial charge in [-0.15, -0.1) is 0 Å². The number of anilines is 1. The molecule has 1 aliphatic rings. The van der Waals surface area contributed by atoms with E-state index < -0.39 is 11.4 Å². The van der Waals surface area contributed by atoms with E-state index in [4.69, 9.17) is 4.42 Å². The molecule has 0 aliphatic heterocycles. The molecule has 3 rings (SSSR count). The molecule has 0 radical (unpaired) electrons. The summed E-state index contributed by atoms with van der Waals surface area (Å²) in [7, 11) is 1.63. The zero-order valence-corrected chi connectivity index (χ0v) is 12.6. The number of aromatic nitrogens is 1. The average Bonchev–Trinajstić information content (AvgIpc) is 2.73. The van der Waals surface area contributed by atoms with Crippen molar-refractivity contribution in [2.45, 2.75) is 44.1 Å². The molecule has 1 amide bonds. The van der Waals surface area contributed by atoms with Gasteiger partial charge in [0, 0.05) is 18.8 Å². The van der Waals surface area contributed by atoms with Crippen LogP contribution in [0.15, 0.2) is 27.4 Å². The summed E-state index contributed by atoms with van der Waals surface area (Å²) >= 11 is 0. The predicted molar refractivity (Wildman–Crippen MR) is 82.7 cm³/mol. The lowest BCUT2D eigenvalue weighted by Gasteiger charge is -2.31. The van der Waals surface area contributed by atoms with Gasteiger partial charge in [0.2, 0.25) is 5.91 Å². The van der Waals surface area contributed by atoms with E-state index in [1.54, 1.807) is 25.2 Å². The van der Waals surface area contributed by atoms with Gasteiger partial charge >= 0.3 is 5.76 Å². The molecule has 1 aliphatic carbocycles. The van der Waals surface area contributed by atoms with Crippen molar-refractivity contribution in [2.24, 2.45) is 7.05 Å². The van der Waals surface area contributed by atoms with Crippen molar-refractivity contribution in [3.05, 3.63) is 28.7 Å². The van der Waals surface area contributed by atoms with Crippen LogP contribution in [-0.4, -0.2) is 21.2 Å². The van der Waals surface area contributed by atoms with E-state index in [9.17, 15) is 14.7 Å². The Morgan fingerprint density at radius 3 is 2.82 bits per heavy atom. The molecule has 1 fully saturated rings. The molecule has 0 atom stereocenters. The van der Waals surface area contributed by atoms with E-state index in [1.165, 1.54) is 4.57 Å². The Hall–Kier alpha value is -2.08. The number of carbonyl (C=O) groups excluding carboxylic acids is 1. The van der Waals surface area contributed by atoms with Gasteiger partial charge in [0.1, 0.15) is 0 Å². The molecular weight excluding hydrogens is 284 g/mol. The quantitative estimate of drug-likeness (QED) is 0.910. The van der Waals surface area contributed by atoms with Gasteiger partial charge in [0.15, 0.2) is 5.58 Å². The number of amides is 1. The van der Waals surface area contributed by atoms with Crippen molar-refractivity contribution in [3.8, 4) is 0 Å². The molecule has 6 nitrogen and oxygen atoms in total. The highest BCUT2D eigenvalue weighted by atomic mass is 16.4. The summed E-state index contributed by atoms with van der Waals surface area (Å²) in [5.41, 5.74) is 0.785. The van der Waals surface area contributed by atoms with Crippen molar-refractivity contribution < 1.29 is 14.3 Å². The topological polar surface area (TPSA) is 84.5 Å². The molecule has 2 N–H and O–H groups in total. The number of fused-ring (bicyclic) bond motifs is 1. The van der Waals surface area contributed by atoms with Crippen LogP contribution < -0.4 is 11.1 Å². The lowest BCUT2D eigenvalue weighted by atomic mass is 9.82. The number of oxazole rings is 1. The number of carbonyl (C=O) groups is 1. The SMILES string of the molecule is Cn1c(=O)oc2cc(NC(=O)CC3(O)CCCCC3)ccc21. The molecule has 1 heterocycles. The highest BCUT2D eigenvalue weighted by molar-refractivity contribution is 5.93. The van der Waals surface area contributed by atoms with Gasteiger partial charge in [-0.25, -0.2) is 4.79 Å². The normalized spacial score (nSPS) is 17.5. The van der Waals surface area contributed by atoms with Crippen LogP contribution in [0.2, 0.25) is 0 Å². The fourth-order valence-corrected chi connectivity index (χ4v) is 3.10. The number of nitrogens with one attached hydrogen (secondary N) is 1. The fraction of sp³-hybridized carbons (Fsp3) is 0.500. The van der Waals surface area contributed by atoms with Crippen LogP contribution in [0, 0.1) is 0 Å². The van der Waals surface area contributed by atoms with Gasteiger partial charge in [-0.1, -0.05) is 19.3 Å². The third kappa shape index (κ3) is 2.92. The van der Waals surface area contributed by atoms with Crippen LogP contribution in [0.1, 0.15) is 38.5 Å². The summed E-state index contributed by atoms with van der Waals surface area (Å²) in [6.07, 6.45) is 4.49. The molecular formula is C16H20N2O4. The molecule has 22 heavy (non-hydrogen) atoms. The Bertz CT molecular complexity index is 753. The molecule has 2 aromatic rings. The first-order valence-corrected chi connectivity index (χ1v) is 7.59. The van der Waals surface area contributed by atoms with Crippen LogP contribution in [0.25, 0.3) is 11.1 Å². The minimum atomic E-state index is -0.883. The number of hydrogen-bond donors (Lipinski definition) is 2.